The molecule has 2 nitrogen and oxygen atoms in total. The van der Waals surface area contributed by atoms with Gasteiger partial charge in [-0.25, -0.2) is 0 Å². The summed E-state index contributed by atoms with van der Waals surface area (Å²) in [6.07, 6.45) is 0. The number of benzene rings is 12. The van der Waals surface area contributed by atoms with E-state index in [2.05, 4.69) is 289 Å². The maximum absolute atomic E-state index is 2.43. The zero-order valence-corrected chi connectivity index (χ0v) is 37.5. The quantitative estimate of drug-likeness (QED) is 0.135. The summed E-state index contributed by atoms with van der Waals surface area (Å²) in [6.45, 7) is 0. The molecule has 0 radical (unpaired) electrons. The Morgan fingerprint density at radius 2 is 0.603 bits per heavy atom. The second-order valence-electron chi connectivity index (χ2n) is 17.3. The summed E-state index contributed by atoms with van der Waals surface area (Å²) in [5, 5.41) is 7.29. The van der Waals surface area contributed by atoms with E-state index in [4.69, 9.17) is 0 Å². The van der Waals surface area contributed by atoms with Gasteiger partial charge in [-0.3, -0.25) is 0 Å². The van der Waals surface area contributed by atoms with Crippen molar-refractivity contribution in [2.45, 2.75) is 0 Å². The summed E-state index contributed by atoms with van der Waals surface area (Å²) in [4.78, 5) is 4.84. The first-order valence-electron chi connectivity index (χ1n) is 23.3. The molecule has 0 bridgehead atoms. The fraction of sp³-hybridized carbons (Fsp3) is 0. The first kappa shape index (κ1) is 40.5. The predicted molar refractivity (Wildman–Crippen MR) is 290 cm³/mol. The zero-order valence-electron chi connectivity index (χ0n) is 37.5. The first-order valence-corrected chi connectivity index (χ1v) is 23.3. The van der Waals surface area contributed by atoms with E-state index < -0.39 is 0 Å². The third kappa shape index (κ3) is 7.54. The molecule has 0 aliphatic heterocycles. The SMILES string of the molecule is c1ccc(-c2cc3ccc(N(c4ccccc4)c4ccc(-c5cccc6ccccc56)cc4)c(-c4ccccc4)c3cc2N(c2ccccc2)c2ccc(-c3cccc4ccccc34)cc2)cc1. The number of nitrogens with zero attached hydrogens (tertiary/aromatic N) is 2. The van der Waals surface area contributed by atoms with Crippen molar-refractivity contribution in [3.05, 3.63) is 279 Å². The maximum atomic E-state index is 2.43. The van der Waals surface area contributed by atoms with Crippen LogP contribution in [0, 0.1) is 0 Å². The van der Waals surface area contributed by atoms with Crippen LogP contribution in [0.25, 0.3) is 76.8 Å². The van der Waals surface area contributed by atoms with Crippen LogP contribution in [0.3, 0.4) is 0 Å². The number of fused-ring (bicyclic) bond motifs is 3. The molecule has 0 heterocycles. The average molecular weight is 867 g/mol. The minimum atomic E-state index is 1.08. The largest absolute Gasteiger partial charge is 0.310 e. The molecule has 0 saturated heterocycles. The number of para-hydroxylation sites is 2. The van der Waals surface area contributed by atoms with Gasteiger partial charge in [0.05, 0.1) is 11.4 Å². The second kappa shape index (κ2) is 17.8. The molecule has 320 valence electrons. The highest BCUT2D eigenvalue weighted by atomic mass is 15.2. The van der Waals surface area contributed by atoms with Gasteiger partial charge in [-0.05, 0) is 132 Å². The second-order valence-corrected chi connectivity index (χ2v) is 17.3. The minimum Gasteiger partial charge on any atom is -0.310 e. The van der Waals surface area contributed by atoms with Gasteiger partial charge in [0.2, 0.25) is 0 Å². The molecule has 0 atom stereocenters. The van der Waals surface area contributed by atoms with Crippen LogP contribution in [0.1, 0.15) is 0 Å². The normalized spacial score (nSPS) is 11.2. The van der Waals surface area contributed by atoms with Gasteiger partial charge in [0.15, 0.2) is 0 Å². The molecule has 0 aromatic heterocycles. The summed E-state index contributed by atoms with van der Waals surface area (Å²) >= 11 is 0. The van der Waals surface area contributed by atoms with Crippen LogP contribution < -0.4 is 9.80 Å². The molecular formula is C66H46N2. The molecule has 0 aliphatic rings. The predicted octanol–water partition coefficient (Wildman–Crippen LogP) is 18.8. The molecule has 0 unspecified atom stereocenters. The third-order valence-electron chi connectivity index (χ3n) is 13.2. The standard InChI is InChI=1S/C66H46N2/c1-5-19-49(20-6-1)62-45-53-39-44-64(67(54-27-9-3-10-28-54)56-40-35-50(36-41-56)60-33-17-25-47-21-13-15-31-58(47)60)66(52-23-7-2-8-24-52)63(53)46-65(62)68(55-29-11-4-12-30-55)57-42-37-51(38-43-57)61-34-18-26-48-22-14-16-32-59(48)61/h1-46H. The number of hydrogen-bond donors (Lipinski definition) is 0. The van der Waals surface area contributed by atoms with Crippen LogP contribution in [0.4, 0.5) is 34.1 Å². The van der Waals surface area contributed by atoms with Crippen LogP contribution in [0.5, 0.6) is 0 Å². The van der Waals surface area contributed by atoms with Gasteiger partial charge in [0.25, 0.3) is 0 Å². The summed E-state index contributed by atoms with van der Waals surface area (Å²) in [7, 11) is 0. The van der Waals surface area contributed by atoms with Crippen molar-refractivity contribution in [3.8, 4) is 44.5 Å². The summed E-state index contributed by atoms with van der Waals surface area (Å²) in [6, 6.07) is 101. The lowest BCUT2D eigenvalue weighted by Crippen LogP contribution is -2.13. The van der Waals surface area contributed by atoms with Crippen molar-refractivity contribution < 1.29 is 0 Å². The van der Waals surface area contributed by atoms with Gasteiger partial charge < -0.3 is 9.80 Å². The zero-order chi connectivity index (χ0) is 45.2. The number of rotatable bonds is 10. The van der Waals surface area contributed by atoms with Gasteiger partial charge in [-0.2, -0.15) is 0 Å². The highest BCUT2D eigenvalue weighted by Gasteiger charge is 2.24. The van der Waals surface area contributed by atoms with Crippen LogP contribution >= 0.6 is 0 Å². The Balaban J connectivity index is 1.08. The Morgan fingerprint density at radius 3 is 1.12 bits per heavy atom. The van der Waals surface area contributed by atoms with Crippen LogP contribution in [-0.4, -0.2) is 0 Å². The van der Waals surface area contributed by atoms with Crippen LogP contribution in [0.15, 0.2) is 279 Å². The van der Waals surface area contributed by atoms with E-state index in [9.17, 15) is 0 Å². The third-order valence-corrected chi connectivity index (χ3v) is 13.2. The molecule has 68 heavy (non-hydrogen) atoms. The van der Waals surface area contributed by atoms with E-state index in [-0.39, 0.29) is 0 Å². The van der Waals surface area contributed by atoms with Crippen molar-refractivity contribution in [3.63, 3.8) is 0 Å². The minimum absolute atomic E-state index is 1.08. The molecular weight excluding hydrogens is 821 g/mol. The Hall–Kier alpha value is -8.98. The molecule has 2 heteroatoms. The maximum Gasteiger partial charge on any atom is 0.0546 e. The average Bonchev–Trinajstić information content (AvgIpc) is 3.42. The van der Waals surface area contributed by atoms with Crippen molar-refractivity contribution in [2.24, 2.45) is 0 Å². The smallest absolute Gasteiger partial charge is 0.0546 e. The molecule has 12 aromatic carbocycles. The molecule has 12 rings (SSSR count). The molecule has 0 aliphatic carbocycles. The number of anilines is 6. The van der Waals surface area contributed by atoms with Gasteiger partial charge in [-0.1, -0.05) is 212 Å². The van der Waals surface area contributed by atoms with Gasteiger partial charge >= 0.3 is 0 Å². The molecule has 0 fully saturated rings. The number of hydrogen-bond acceptors (Lipinski definition) is 2. The topological polar surface area (TPSA) is 6.48 Å². The van der Waals surface area contributed by atoms with E-state index in [1.807, 2.05) is 0 Å². The van der Waals surface area contributed by atoms with Gasteiger partial charge in [-0.15, -0.1) is 0 Å². The molecule has 0 saturated carbocycles. The highest BCUT2D eigenvalue weighted by molar-refractivity contribution is 6.10. The molecule has 0 amide bonds. The van der Waals surface area contributed by atoms with Crippen molar-refractivity contribution in [1.29, 1.82) is 0 Å². The van der Waals surface area contributed by atoms with E-state index in [1.54, 1.807) is 0 Å². The van der Waals surface area contributed by atoms with E-state index >= 15 is 0 Å². The Morgan fingerprint density at radius 1 is 0.206 bits per heavy atom. The van der Waals surface area contributed by atoms with Crippen molar-refractivity contribution in [2.75, 3.05) is 9.80 Å². The first-order chi connectivity index (χ1) is 33.7. The van der Waals surface area contributed by atoms with Crippen molar-refractivity contribution in [1.82, 2.24) is 0 Å². The van der Waals surface area contributed by atoms with Crippen LogP contribution in [0.2, 0.25) is 0 Å². The fourth-order valence-corrected chi connectivity index (χ4v) is 10.0. The lowest BCUT2D eigenvalue weighted by Gasteiger charge is -2.31. The summed E-state index contributed by atoms with van der Waals surface area (Å²) in [5.74, 6) is 0. The molecule has 0 spiro atoms. The monoisotopic (exact) mass is 866 g/mol. The lowest BCUT2D eigenvalue weighted by atomic mass is 9.91. The summed E-state index contributed by atoms with van der Waals surface area (Å²) in [5.41, 5.74) is 15.9. The van der Waals surface area contributed by atoms with E-state index in [1.165, 1.54) is 43.8 Å². The van der Waals surface area contributed by atoms with E-state index in [0.29, 0.717) is 0 Å². The molecule has 12 aromatic rings. The van der Waals surface area contributed by atoms with Crippen LogP contribution in [-0.2, 0) is 0 Å². The lowest BCUT2D eigenvalue weighted by molar-refractivity contribution is 1.28. The Bertz CT molecular complexity index is 3690. The highest BCUT2D eigenvalue weighted by Crippen LogP contribution is 2.49. The van der Waals surface area contributed by atoms with Gasteiger partial charge in [0, 0.05) is 33.9 Å². The molecule has 0 N–H and O–H groups in total. The fourth-order valence-electron chi connectivity index (χ4n) is 10.0. The van der Waals surface area contributed by atoms with E-state index in [0.717, 1.165) is 67.2 Å². The summed E-state index contributed by atoms with van der Waals surface area (Å²) < 4.78 is 0. The Labute approximate surface area is 397 Å². The van der Waals surface area contributed by atoms with Crippen molar-refractivity contribution >= 4 is 66.4 Å². The van der Waals surface area contributed by atoms with Gasteiger partial charge in [0.1, 0.15) is 0 Å². The Kier molecular flexibility index (Phi) is 10.6.